The zero-order valence-corrected chi connectivity index (χ0v) is 16.3. The molecule has 0 heterocycles. The Morgan fingerprint density at radius 3 is 2.65 bits per heavy atom. The van der Waals surface area contributed by atoms with Crippen molar-refractivity contribution in [3.8, 4) is 5.75 Å². The molecule has 1 amide bonds. The van der Waals surface area contributed by atoms with Crippen molar-refractivity contribution in [2.45, 2.75) is 65.5 Å². The molecule has 2 atom stereocenters. The van der Waals surface area contributed by atoms with Crippen LogP contribution in [-0.4, -0.2) is 12.0 Å². The fourth-order valence-corrected chi connectivity index (χ4v) is 3.56. The number of carbonyl (C=O) groups excluding carboxylic acids is 1. The van der Waals surface area contributed by atoms with Gasteiger partial charge in [0.05, 0.1) is 6.04 Å². The lowest BCUT2D eigenvalue weighted by molar-refractivity contribution is -0.128. The standard InChI is InChI=1S/C23H29NO2/c1-5-21(26-22-13-15(2)9-10-16(22)3)23(25)24-17(4)19-12-11-18-7-6-8-20(18)14-19/h9-14,17,21H,5-8H2,1-4H3,(H,24,25)/t17-,21-/m0/s1. The number of hydrogen-bond donors (Lipinski definition) is 1. The van der Waals surface area contributed by atoms with E-state index in [0.717, 1.165) is 23.3 Å². The van der Waals surface area contributed by atoms with Gasteiger partial charge in [0.2, 0.25) is 0 Å². The molecule has 1 N–H and O–H groups in total. The van der Waals surface area contributed by atoms with Crippen LogP contribution in [-0.2, 0) is 17.6 Å². The van der Waals surface area contributed by atoms with E-state index in [1.165, 1.54) is 29.5 Å². The van der Waals surface area contributed by atoms with Gasteiger partial charge in [0, 0.05) is 0 Å². The summed E-state index contributed by atoms with van der Waals surface area (Å²) < 4.78 is 6.04. The summed E-state index contributed by atoms with van der Waals surface area (Å²) in [4.78, 5) is 12.8. The van der Waals surface area contributed by atoms with E-state index in [-0.39, 0.29) is 11.9 Å². The first-order valence-corrected chi connectivity index (χ1v) is 9.64. The van der Waals surface area contributed by atoms with Crippen LogP contribution >= 0.6 is 0 Å². The van der Waals surface area contributed by atoms with Gasteiger partial charge in [-0.2, -0.15) is 0 Å². The molecule has 1 aliphatic carbocycles. The van der Waals surface area contributed by atoms with Crippen molar-refractivity contribution < 1.29 is 9.53 Å². The number of hydrogen-bond acceptors (Lipinski definition) is 2. The van der Waals surface area contributed by atoms with Gasteiger partial charge in [-0.1, -0.05) is 37.3 Å². The molecule has 3 nitrogen and oxygen atoms in total. The molecular formula is C23H29NO2. The lowest BCUT2D eigenvalue weighted by atomic mass is 10.0. The van der Waals surface area contributed by atoms with Gasteiger partial charge in [0.1, 0.15) is 5.75 Å². The quantitative estimate of drug-likeness (QED) is 0.810. The van der Waals surface area contributed by atoms with E-state index in [1.807, 2.05) is 39.8 Å². The first-order chi connectivity index (χ1) is 12.5. The molecule has 0 aromatic heterocycles. The van der Waals surface area contributed by atoms with Crippen molar-refractivity contribution in [3.05, 3.63) is 64.2 Å². The molecule has 0 fully saturated rings. The maximum atomic E-state index is 12.8. The Bertz CT molecular complexity index is 797. The van der Waals surface area contributed by atoms with E-state index in [0.29, 0.717) is 6.42 Å². The van der Waals surface area contributed by atoms with Crippen LogP contribution in [0.1, 0.15) is 60.5 Å². The average molecular weight is 351 g/mol. The van der Waals surface area contributed by atoms with Gasteiger partial charge in [-0.15, -0.1) is 0 Å². The average Bonchev–Trinajstić information content (AvgIpc) is 3.09. The van der Waals surface area contributed by atoms with Crippen molar-refractivity contribution in [2.24, 2.45) is 0 Å². The predicted octanol–water partition coefficient (Wildman–Crippen LogP) is 4.83. The van der Waals surface area contributed by atoms with E-state index in [4.69, 9.17) is 4.74 Å². The Labute approximate surface area is 156 Å². The summed E-state index contributed by atoms with van der Waals surface area (Å²) in [6.45, 7) is 8.06. The minimum Gasteiger partial charge on any atom is -0.480 e. The first kappa shape index (κ1) is 18.5. The Hall–Kier alpha value is -2.29. The van der Waals surface area contributed by atoms with Crippen molar-refractivity contribution in [1.29, 1.82) is 0 Å². The molecule has 26 heavy (non-hydrogen) atoms. The number of amides is 1. The van der Waals surface area contributed by atoms with Crippen LogP contribution in [0.2, 0.25) is 0 Å². The number of ether oxygens (including phenoxy) is 1. The lowest BCUT2D eigenvalue weighted by Crippen LogP contribution is -2.39. The topological polar surface area (TPSA) is 38.3 Å². The van der Waals surface area contributed by atoms with Crippen molar-refractivity contribution in [1.82, 2.24) is 5.32 Å². The van der Waals surface area contributed by atoms with Gasteiger partial charge in [-0.3, -0.25) is 4.79 Å². The third-order valence-electron chi connectivity index (χ3n) is 5.26. The summed E-state index contributed by atoms with van der Waals surface area (Å²) >= 11 is 0. The second-order valence-electron chi connectivity index (χ2n) is 7.40. The minimum absolute atomic E-state index is 0.0235. The number of aryl methyl sites for hydroxylation is 4. The molecule has 0 radical (unpaired) electrons. The van der Waals surface area contributed by atoms with Gasteiger partial charge in [0.25, 0.3) is 5.91 Å². The van der Waals surface area contributed by atoms with E-state index in [1.54, 1.807) is 0 Å². The van der Waals surface area contributed by atoms with Crippen LogP contribution in [0.3, 0.4) is 0 Å². The summed E-state index contributed by atoms with van der Waals surface area (Å²) in [6, 6.07) is 12.7. The summed E-state index contributed by atoms with van der Waals surface area (Å²) in [5, 5.41) is 3.13. The number of carbonyl (C=O) groups is 1. The Morgan fingerprint density at radius 1 is 1.12 bits per heavy atom. The molecular weight excluding hydrogens is 322 g/mol. The molecule has 0 aliphatic heterocycles. The summed E-state index contributed by atoms with van der Waals surface area (Å²) in [7, 11) is 0. The fraction of sp³-hybridized carbons (Fsp3) is 0.435. The molecule has 0 saturated carbocycles. The van der Waals surface area contributed by atoms with Crippen LogP contribution in [0.4, 0.5) is 0 Å². The van der Waals surface area contributed by atoms with Crippen LogP contribution in [0.5, 0.6) is 5.75 Å². The van der Waals surface area contributed by atoms with Crippen LogP contribution in [0.15, 0.2) is 36.4 Å². The van der Waals surface area contributed by atoms with Gasteiger partial charge >= 0.3 is 0 Å². The highest BCUT2D eigenvalue weighted by Crippen LogP contribution is 2.26. The third kappa shape index (κ3) is 4.09. The Balaban J connectivity index is 1.67. The second kappa shape index (κ2) is 7.94. The predicted molar refractivity (Wildman–Crippen MR) is 106 cm³/mol. The highest BCUT2D eigenvalue weighted by atomic mass is 16.5. The molecule has 3 rings (SSSR count). The lowest BCUT2D eigenvalue weighted by Gasteiger charge is -2.22. The number of benzene rings is 2. The smallest absolute Gasteiger partial charge is 0.261 e. The monoisotopic (exact) mass is 351 g/mol. The van der Waals surface area contributed by atoms with Gasteiger partial charge < -0.3 is 10.1 Å². The largest absolute Gasteiger partial charge is 0.480 e. The normalized spacial score (nSPS) is 15.2. The molecule has 138 valence electrons. The number of fused-ring (bicyclic) bond motifs is 1. The summed E-state index contributed by atoms with van der Waals surface area (Å²) in [5.74, 6) is 0.735. The van der Waals surface area contributed by atoms with Gasteiger partial charge in [-0.05, 0) is 80.3 Å². The van der Waals surface area contributed by atoms with E-state index >= 15 is 0 Å². The Morgan fingerprint density at radius 2 is 1.88 bits per heavy atom. The molecule has 2 aromatic rings. The van der Waals surface area contributed by atoms with Crippen molar-refractivity contribution in [3.63, 3.8) is 0 Å². The molecule has 2 aromatic carbocycles. The second-order valence-corrected chi connectivity index (χ2v) is 7.40. The highest BCUT2D eigenvalue weighted by molar-refractivity contribution is 5.81. The SMILES string of the molecule is CC[C@H](Oc1cc(C)ccc1C)C(=O)N[C@@H](C)c1ccc2c(c1)CCC2. The van der Waals surface area contributed by atoms with E-state index < -0.39 is 6.10 Å². The number of rotatable bonds is 6. The number of nitrogens with one attached hydrogen (secondary N) is 1. The maximum Gasteiger partial charge on any atom is 0.261 e. The van der Waals surface area contributed by atoms with Crippen LogP contribution in [0, 0.1) is 13.8 Å². The summed E-state index contributed by atoms with van der Waals surface area (Å²) in [6.07, 6.45) is 3.72. The fourth-order valence-electron chi connectivity index (χ4n) is 3.56. The van der Waals surface area contributed by atoms with Crippen LogP contribution in [0.25, 0.3) is 0 Å². The van der Waals surface area contributed by atoms with E-state index in [9.17, 15) is 4.79 Å². The van der Waals surface area contributed by atoms with E-state index in [2.05, 4.69) is 29.6 Å². The molecule has 3 heteroatoms. The molecule has 0 saturated heterocycles. The van der Waals surface area contributed by atoms with Gasteiger partial charge in [-0.25, -0.2) is 0 Å². The zero-order chi connectivity index (χ0) is 18.7. The highest BCUT2D eigenvalue weighted by Gasteiger charge is 2.22. The summed E-state index contributed by atoms with van der Waals surface area (Å²) in [5.41, 5.74) is 6.24. The third-order valence-corrected chi connectivity index (χ3v) is 5.26. The molecule has 0 unspecified atom stereocenters. The van der Waals surface area contributed by atoms with Crippen LogP contribution < -0.4 is 10.1 Å². The molecule has 0 spiro atoms. The van der Waals surface area contributed by atoms with Crippen molar-refractivity contribution >= 4 is 5.91 Å². The maximum absolute atomic E-state index is 12.8. The van der Waals surface area contributed by atoms with Crippen molar-refractivity contribution in [2.75, 3.05) is 0 Å². The zero-order valence-electron chi connectivity index (χ0n) is 16.3. The minimum atomic E-state index is -0.479. The molecule has 1 aliphatic rings. The van der Waals surface area contributed by atoms with Gasteiger partial charge in [0.15, 0.2) is 6.10 Å². The first-order valence-electron chi connectivity index (χ1n) is 9.64. The molecule has 0 bridgehead atoms. The Kier molecular flexibility index (Phi) is 5.65.